The van der Waals surface area contributed by atoms with Crippen molar-refractivity contribution in [2.24, 2.45) is 0 Å². The van der Waals surface area contributed by atoms with Gasteiger partial charge < -0.3 is 9.62 Å². The van der Waals surface area contributed by atoms with Crippen LogP contribution in [0.5, 0.6) is 0 Å². The highest BCUT2D eigenvalue weighted by molar-refractivity contribution is 7.17. The largest absolute Gasteiger partial charge is 0.406 e. The molecule has 0 saturated heterocycles. The summed E-state index contributed by atoms with van der Waals surface area (Å²) in [6.07, 6.45) is 10.1. The number of rotatable bonds is 12. The lowest BCUT2D eigenvalue weighted by atomic mass is 9.46. The fourth-order valence-corrected chi connectivity index (χ4v) is 9.36. The maximum atomic E-state index is 2.75. The first-order chi connectivity index (χ1) is 21.8. The van der Waals surface area contributed by atoms with Crippen LogP contribution < -0.4 is 31.5 Å². The topological polar surface area (TPSA) is 6.48 Å². The number of nitrogens with zero attached hydrogens (tertiary/aromatic N) is 2. The van der Waals surface area contributed by atoms with Crippen LogP contribution in [0.3, 0.4) is 0 Å². The molecule has 0 saturated carbocycles. The van der Waals surface area contributed by atoms with Crippen molar-refractivity contribution in [1.82, 2.24) is 0 Å². The molecular formula is C38H42B2N2S2. The molecule has 2 aromatic heterocycles. The highest BCUT2D eigenvalue weighted by Gasteiger charge is 2.41. The number of hydrogen-bond donors (Lipinski definition) is 0. The lowest BCUT2D eigenvalue weighted by Crippen LogP contribution is -2.60. The molecule has 2 aliphatic heterocycles. The van der Waals surface area contributed by atoms with E-state index < -0.39 is 0 Å². The average molecular weight is 613 g/mol. The van der Waals surface area contributed by atoms with E-state index in [0.29, 0.717) is 0 Å². The summed E-state index contributed by atoms with van der Waals surface area (Å²) in [5.74, 6) is 0. The molecule has 0 N–H and O–H groups in total. The molecule has 2 nitrogen and oxygen atoms in total. The summed E-state index contributed by atoms with van der Waals surface area (Å²) in [4.78, 5) is 8.39. The lowest BCUT2D eigenvalue weighted by molar-refractivity contribution is 0.673. The number of unbranched alkanes of at least 4 members (excludes halogenated alkanes) is 6. The Morgan fingerprint density at radius 2 is 0.955 bits per heavy atom. The molecule has 2 aliphatic rings. The van der Waals surface area contributed by atoms with Crippen molar-refractivity contribution in [3.05, 3.63) is 95.7 Å². The van der Waals surface area contributed by atoms with Gasteiger partial charge in [0.2, 0.25) is 0 Å². The van der Waals surface area contributed by atoms with Crippen molar-refractivity contribution in [2.75, 3.05) is 22.7 Å². The first kappa shape index (κ1) is 29.5. The van der Waals surface area contributed by atoms with Crippen LogP contribution in [0, 0.1) is 0 Å². The van der Waals surface area contributed by atoms with Gasteiger partial charge in [-0.25, -0.2) is 0 Å². The standard InChI is InChI=1S/C38H42B2N2S2/c1-3-5-7-15-23-41-35-27-32-36(28-31(35)37-33(21-25-43-37)39(41)29-17-11-9-12-18-29)42(24-16-8-6-4-2)40(30-19-13-10-14-20-30)34-22-26-44-38(32)34/h9-14,17-22,25-28H,3-8,15-16,23-24H2,1-2H3. The van der Waals surface area contributed by atoms with Crippen LogP contribution in [0.1, 0.15) is 65.2 Å². The molecule has 7 rings (SSSR count). The first-order valence-electron chi connectivity index (χ1n) is 16.8. The molecule has 6 heteroatoms. The highest BCUT2D eigenvalue weighted by Crippen LogP contribution is 2.47. The second-order valence-electron chi connectivity index (χ2n) is 12.4. The van der Waals surface area contributed by atoms with Crippen LogP contribution >= 0.6 is 22.7 Å². The Labute approximate surface area is 273 Å². The second-order valence-corrected chi connectivity index (χ2v) is 14.3. The Bertz CT molecular complexity index is 1550. The van der Waals surface area contributed by atoms with Gasteiger partial charge in [0.05, 0.1) is 0 Å². The predicted octanol–water partition coefficient (Wildman–Crippen LogP) is 8.16. The molecule has 0 atom stereocenters. The highest BCUT2D eigenvalue weighted by atomic mass is 32.1. The van der Waals surface area contributed by atoms with Crippen molar-refractivity contribution in [1.29, 1.82) is 0 Å². The van der Waals surface area contributed by atoms with E-state index in [1.807, 2.05) is 22.7 Å². The Kier molecular flexibility index (Phi) is 9.00. The van der Waals surface area contributed by atoms with E-state index in [9.17, 15) is 0 Å². The van der Waals surface area contributed by atoms with Crippen LogP contribution in [-0.4, -0.2) is 26.8 Å². The van der Waals surface area contributed by atoms with Crippen molar-refractivity contribution in [3.63, 3.8) is 0 Å². The van der Waals surface area contributed by atoms with E-state index in [0.717, 1.165) is 13.1 Å². The molecule has 0 amide bonds. The van der Waals surface area contributed by atoms with Gasteiger partial charge in [-0.3, -0.25) is 0 Å². The molecule has 0 radical (unpaired) electrons. The molecule has 4 heterocycles. The number of thiophene rings is 2. The third kappa shape index (κ3) is 5.45. The van der Waals surface area contributed by atoms with E-state index in [2.05, 4.69) is 119 Å². The summed E-state index contributed by atoms with van der Waals surface area (Å²) in [7, 11) is 0. The zero-order valence-electron chi connectivity index (χ0n) is 26.2. The number of hydrogen-bond acceptors (Lipinski definition) is 4. The summed E-state index contributed by atoms with van der Waals surface area (Å²) in [6, 6.07) is 32.4. The minimum Gasteiger partial charge on any atom is -0.406 e. The van der Waals surface area contributed by atoms with Gasteiger partial charge in [0.1, 0.15) is 0 Å². The van der Waals surface area contributed by atoms with Gasteiger partial charge in [0.25, 0.3) is 0 Å². The van der Waals surface area contributed by atoms with Crippen LogP contribution in [0.15, 0.2) is 95.7 Å². The number of benzene rings is 3. The van der Waals surface area contributed by atoms with Gasteiger partial charge >= 0.3 is 13.7 Å². The van der Waals surface area contributed by atoms with Crippen LogP contribution in [0.2, 0.25) is 0 Å². The quantitative estimate of drug-likeness (QED) is 0.104. The molecule has 44 heavy (non-hydrogen) atoms. The Morgan fingerprint density at radius 3 is 1.36 bits per heavy atom. The molecule has 3 aromatic carbocycles. The minimum absolute atomic E-state index is 0.248. The third-order valence-electron chi connectivity index (χ3n) is 9.56. The summed E-state index contributed by atoms with van der Waals surface area (Å²) >= 11 is 3.84. The SMILES string of the molecule is CCCCCCN1B(c2ccccc2)c2ccsc2-c2cc3c(cc21)-c1sccc1B(c1ccccc1)N3CCCCCC. The zero-order chi connectivity index (χ0) is 29.9. The molecule has 0 spiro atoms. The summed E-state index contributed by atoms with van der Waals surface area (Å²) in [5.41, 5.74) is 11.4. The fourth-order valence-electron chi connectivity index (χ4n) is 7.44. The number of anilines is 2. The first-order valence-corrected chi connectivity index (χ1v) is 18.5. The summed E-state index contributed by atoms with van der Waals surface area (Å²) in [5, 5.41) is 4.63. The fraction of sp³-hybridized carbons (Fsp3) is 0.316. The van der Waals surface area contributed by atoms with Crippen molar-refractivity contribution < 1.29 is 0 Å². The third-order valence-corrected chi connectivity index (χ3v) is 11.5. The van der Waals surface area contributed by atoms with Gasteiger partial charge in [-0.15, -0.1) is 22.7 Å². The smallest absolute Gasteiger partial charge is 0.325 e. The molecule has 5 aromatic rings. The molecular weight excluding hydrogens is 570 g/mol. The normalized spacial score (nSPS) is 13.5. The van der Waals surface area contributed by atoms with Gasteiger partial charge in [0.15, 0.2) is 0 Å². The monoisotopic (exact) mass is 612 g/mol. The van der Waals surface area contributed by atoms with Crippen molar-refractivity contribution in [3.8, 4) is 20.9 Å². The maximum absolute atomic E-state index is 2.75. The molecule has 222 valence electrons. The van der Waals surface area contributed by atoms with Gasteiger partial charge in [-0.1, -0.05) is 136 Å². The van der Waals surface area contributed by atoms with Crippen molar-refractivity contribution >= 4 is 69.6 Å². The van der Waals surface area contributed by atoms with E-state index in [4.69, 9.17) is 0 Å². The van der Waals surface area contributed by atoms with Gasteiger partial charge in [0, 0.05) is 45.3 Å². The Morgan fingerprint density at radius 1 is 0.523 bits per heavy atom. The summed E-state index contributed by atoms with van der Waals surface area (Å²) in [6.45, 7) is 7.26. The zero-order valence-corrected chi connectivity index (χ0v) is 27.8. The van der Waals surface area contributed by atoms with Crippen molar-refractivity contribution in [2.45, 2.75) is 65.2 Å². The van der Waals surface area contributed by atoms with E-state index in [1.165, 1.54) is 105 Å². The second kappa shape index (κ2) is 13.4. The maximum Gasteiger partial charge on any atom is 0.325 e. The minimum atomic E-state index is 0.248. The molecule has 0 fully saturated rings. The Balaban J connectivity index is 1.39. The van der Waals surface area contributed by atoms with Gasteiger partial charge in [-0.2, -0.15) is 0 Å². The lowest BCUT2D eigenvalue weighted by Gasteiger charge is -2.42. The van der Waals surface area contributed by atoms with E-state index >= 15 is 0 Å². The van der Waals surface area contributed by atoms with Crippen LogP contribution in [0.4, 0.5) is 11.4 Å². The van der Waals surface area contributed by atoms with Crippen LogP contribution in [-0.2, 0) is 0 Å². The molecule has 0 aliphatic carbocycles. The van der Waals surface area contributed by atoms with Gasteiger partial charge in [-0.05, 0) is 46.7 Å². The van der Waals surface area contributed by atoms with E-state index in [-0.39, 0.29) is 13.7 Å². The number of fused-ring (bicyclic) bond motifs is 6. The molecule has 0 unspecified atom stereocenters. The van der Waals surface area contributed by atoms with Crippen LogP contribution in [0.25, 0.3) is 20.9 Å². The predicted molar refractivity (Wildman–Crippen MR) is 199 cm³/mol. The summed E-state index contributed by atoms with van der Waals surface area (Å²) < 4.78 is 0. The van der Waals surface area contributed by atoms with E-state index in [1.54, 1.807) is 0 Å². The Hall–Kier alpha value is -3.21. The molecule has 0 bridgehead atoms. The average Bonchev–Trinajstić information content (AvgIpc) is 3.76.